The van der Waals surface area contributed by atoms with Gasteiger partial charge in [-0.05, 0) is 42.7 Å². The first-order valence-electron chi connectivity index (χ1n) is 12.4. The number of fused-ring (bicyclic) bond motifs is 1. The van der Waals surface area contributed by atoms with Crippen LogP contribution >= 0.6 is 0 Å². The minimum absolute atomic E-state index is 0.133. The van der Waals surface area contributed by atoms with Crippen molar-refractivity contribution in [2.75, 3.05) is 13.2 Å². The highest BCUT2D eigenvalue weighted by Crippen LogP contribution is 2.38. The zero-order chi connectivity index (χ0) is 26.7. The van der Waals surface area contributed by atoms with E-state index in [9.17, 15) is 10.1 Å². The minimum atomic E-state index is -1.15. The van der Waals surface area contributed by atoms with Gasteiger partial charge in [-0.1, -0.05) is 37.3 Å². The number of hydrogen-bond acceptors (Lipinski definition) is 7. The van der Waals surface area contributed by atoms with Crippen molar-refractivity contribution < 1.29 is 28.3 Å². The van der Waals surface area contributed by atoms with Crippen LogP contribution in [-0.2, 0) is 28.9 Å². The van der Waals surface area contributed by atoms with E-state index in [0.717, 1.165) is 11.1 Å². The summed E-state index contributed by atoms with van der Waals surface area (Å²) in [5, 5.41) is 12.3. The van der Waals surface area contributed by atoms with Gasteiger partial charge in [0.15, 0.2) is 17.4 Å². The topological polar surface area (TPSA) is 93.0 Å². The van der Waals surface area contributed by atoms with Crippen molar-refractivity contribution in [3.63, 3.8) is 0 Å². The van der Waals surface area contributed by atoms with E-state index >= 15 is 4.39 Å². The lowest BCUT2D eigenvalue weighted by Gasteiger charge is -2.22. The van der Waals surface area contributed by atoms with Crippen molar-refractivity contribution in [1.29, 1.82) is 0 Å². The average Bonchev–Trinajstić information content (AvgIpc) is 3.35. The van der Waals surface area contributed by atoms with E-state index in [1.54, 1.807) is 19.2 Å². The van der Waals surface area contributed by atoms with Crippen LogP contribution in [-0.4, -0.2) is 28.9 Å². The van der Waals surface area contributed by atoms with Gasteiger partial charge >= 0.3 is 0 Å². The van der Waals surface area contributed by atoms with Gasteiger partial charge in [-0.25, -0.2) is 4.39 Å². The molecule has 0 unspecified atom stereocenters. The highest BCUT2D eigenvalue weighted by molar-refractivity contribution is 5.87. The highest BCUT2D eigenvalue weighted by Gasteiger charge is 2.36. The van der Waals surface area contributed by atoms with Crippen LogP contribution in [0.1, 0.15) is 30.5 Å². The van der Waals surface area contributed by atoms with Gasteiger partial charge in [-0.15, -0.1) is 0 Å². The predicted octanol–water partition coefficient (Wildman–Crippen LogP) is 6.52. The van der Waals surface area contributed by atoms with E-state index in [2.05, 4.69) is 4.98 Å². The second kappa shape index (κ2) is 10.7. The molecule has 0 saturated carbocycles. The van der Waals surface area contributed by atoms with Crippen LogP contribution in [0.3, 0.4) is 0 Å². The average molecular weight is 519 g/mol. The van der Waals surface area contributed by atoms with Crippen LogP contribution < -0.4 is 9.47 Å². The summed E-state index contributed by atoms with van der Waals surface area (Å²) in [6.45, 7) is 4.74. The van der Waals surface area contributed by atoms with Crippen LogP contribution in [0.15, 0.2) is 66.9 Å². The van der Waals surface area contributed by atoms with Crippen LogP contribution in [0.4, 0.5) is 10.1 Å². The molecule has 1 aromatic heterocycles. The third-order valence-electron chi connectivity index (χ3n) is 6.50. The number of nitro groups is 1. The Hall–Kier alpha value is -4.08. The number of hydrogen-bond donors (Lipinski definition) is 0. The number of aryl methyl sites for hydroxylation is 1. The number of rotatable bonds is 9. The first-order chi connectivity index (χ1) is 18.4. The Bertz CT molecular complexity index is 1470. The summed E-state index contributed by atoms with van der Waals surface area (Å²) in [6, 6.07) is 17.8. The fourth-order valence-corrected chi connectivity index (χ4v) is 4.53. The summed E-state index contributed by atoms with van der Waals surface area (Å²) in [5.41, 5.74) is 2.11. The second-order valence-corrected chi connectivity index (χ2v) is 9.16. The SMILES string of the molecule is CCc1cc2c(Oc3ccc([N+](=O)[O-])c(CC4(C)OCCO4)c3F)ccnc2cc1OCc1ccccc1. The normalized spacial score (nSPS) is 14.5. The Labute approximate surface area is 219 Å². The molecule has 0 aliphatic carbocycles. The molecule has 0 amide bonds. The third-order valence-corrected chi connectivity index (χ3v) is 6.50. The molecule has 5 rings (SSSR count). The van der Waals surface area contributed by atoms with E-state index in [1.165, 1.54) is 12.1 Å². The van der Waals surface area contributed by atoms with E-state index in [4.69, 9.17) is 18.9 Å². The lowest BCUT2D eigenvalue weighted by Crippen LogP contribution is -2.29. The number of benzene rings is 3. The number of pyridine rings is 1. The Balaban J connectivity index is 1.48. The van der Waals surface area contributed by atoms with Crippen molar-refractivity contribution in [1.82, 2.24) is 4.98 Å². The lowest BCUT2D eigenvalue weighted by atomic mass is 10.0. The molecular formula is C29H27FN2O6. The standard InChI is InChI=1S/C29H27FN2O6/c1-3-20-15-21-23(16-27(20)35-18-19-7-5-4-6-8-19)31-12-11-25(21)38-26-10-9-24(32(33)34)22(28(26)30)17-29(2)36-13-14-37-29/h4-12,15-16H,3,13-14,17-18H2,1-2H3. The van der Waals surface area contributed by atoms with E-state index in [0.29, 0.717) is 48.6 Å². The summed E-state index contributed by atoms with van der Waals surface area (Å²) >= 11 is 0. The molecule has 0 bridgehead atoms. The first-order valence-corrected chi connectivity index (χ1v) is 12.4. The van der Waals surface area contributed by atoms with Gasteiger partial charge in [0.1, 0.15) is 18.1 Å². The molecule has 3 aromatic carbocycles. The zero-order valence-corrected chi connectivity index (χ0v) is 21.1. The van der Waals surface area contributed by atoms with Gasteiger partial charge in [-0.2, -0.15) is 0 Å². The number of halogens is 1. The summed E-state index contributed by atoms with van der Waals surface area (Å²) in [6.07, 6.45) is 2.13. The maximum Gasteiger partial charge on any atom is 0.276 e. The summed E-state index contributed by atoms with van der Waals surface area (Å²) in [4.78, 5) is 15.5. The molecule has 1 fully saturated rings. The maximum atomic E-state index is 15.7. The van der Waals surface area contributed by atoms with Gasteiger partial charge < -0.3 is 18.9 Å². The molecule has 4 aromatic rings. The quantitative estimate of drug-likeness (QED) is 0.184. The Morgan fingerprint density at radius 3 is 2.53 bits per heavy atom. The summed E-state index contributed by atoms with van der Waals surface area (Å²) in [7, 11) is 0. The fourth-order valence-electron chi connectivity index (χ4n) is 4.53. The molecule has 196 valence electrons. The van der Waals surface area contributed by atoms with Crippen LogP contribution in [0.2, 0.25) is 0 Å². The van der Waals surface area contributed by atoms with Crippen molar-refractivity contribution in [3.05, 3.63) is 99.5 Å². The van der Waals surface area contributed by atoms with Crippen molar-refractivity contribution >= 4 is 16.6 Å². The summed E-state index contributed by atoms with van der Waals surface area (Å²) in [5.74, 6) is -1.04. The van der Waals surface area contributed by atoms with Crippen molar-refractivity contribution in [3.8, 4) is 17.2 Å². The highest BCUT2D eigenvalue weighted by atomic mass is 19.1. The monoisotopic (exact) mass is 518 g/mol. The molecule has 1 aliphatic rings. The smallest absolute Gasteiger partial charge is 0.276 e. The molecule has 38 heavy (non-hydrogen) atoms. The molecule has 0 spiro atoms. The molecule has 0 atom stereocenters. The molecule has 1 saturated heterocycles. The Morgan fingerprint density at radius 2 is 1.82 bits per heavy atom. The van der Waals surface area contributed by atoms with Crippen molar-refractivity contribution in [2.45, 2.75) is 39.1 Å². The molecule has 1 aliphatic heterocycles. The van der Waals surface area contributed by atoms with Crippen LogP contribution in [0.25, 0.3) is 10.9 Å². The molecular weight excluding hydrogens is 491 g/mol. The van der Waals surface area contributed by atoms with E-state index < -0.39 is 16.5 Å². The first kappa shape index (κ1) is 25.6. The Kier molecular flexibility index (Phi) is 7.22. The molecule has 0 radical (unpaired) electrons. The Morgan fingerprint density at radius 1 is 1.05 bits per heavy atom. The maximum absolute atomic E-state index is 15.7. The second-order valence-electron chi connectivity index (χ2n) is 9.16. The molecule has 9 heteroatoms. The van der Waals surface area contributed by atoms with Gasteiger partial charge in [-0.3, -0.25) is 15.1 Å². The number of nitro benzene ring substituents is 1. The largest absolute Gasteiger partial charge is 0.489 e. The third kappa shape index (κ3) is 5.29. The van der Waals surface area contributed by atoms with Gasteiger partial charge in [0.05, 0.1) is 29.2 Å². The van der Waals surface area contributed by atoms with Crippen LogP contribution in [0, 0.1) is 15.9 Å². The van der Waals surface area contributed by atoms with Gasteiger partial charge in [0.25, 0.3) is 5.69 Å². The number of ether oxygens (including phenoxy) is 4. The molecule has 8 nitrogen and oxygen atoms in total. The van der Waals surface area contributed by atoms with Gasteiger partial charge in [0, 0.05) is 30.1 Å². The molecule has 2 heterocycles. The fraction of sp³-hybridized carbons (Fsp3) is 0.276. The van der Waals surface area contributed by atoms with E-state index in [1.807, 2.05) is 49.4 Å². The van der Waals surface area contributed by atoms with Crippen LogP contribution in [0.5, 0.6) is 17.2 Å². The zero-order valence-electron chi connectivity index (χ0n) is 21.1. The predicted molar refractivity (Wildman–Crippen MR) is 139 cm³/mol. The lowest BCUT2D eigenvalue weighted by molar-refractivity contribution is -0.386. The van der Waals surface area contributed by atoms with E-state index in [-0.39, 0.29) is 23.4 Å². The van der Waals surface area contributed by atoms with Gasteiger partial charge in [0.2, 0.25) is 0 Å². The summed E-state index contributed by atoms with van der Waals surface area (Å²) < 4.78 is 38.9. The molecule has 0 N–H and O–H groups in total. The minimum Gasteiger partial charge on any atom is -0.489 e. The van der Waals surface area contributed by atoms with Crippen molar-refractivity contribution in [2.24, 2.45) is 0 Å². The number of nitrogens with zero attached hydrogens (tertiary/aromatic N) is 2. The number of aromatic nitrogens is 1.